The molecule has 3 aromatic heterocycles. The van der Waals surface area contributed by atoms with Gasteiger partial charge in [0, 0.05) is 34.9 Å². The number of aromatic nitrogens is 3. The summed E-state index contributed by atoms with van der Waals surface area (Å²) in [6.45, 7) is 8.40. The minimum atomic E-state index is -0.583. The number of amides is 1. The normalized spacial score (nSPS) is 11.3. The van der Waals surface area contributed by atoms with Gasteiger partial charge in [-0.2, -0.15) is 0 Å². The first-order chi connectivity index (χ1) is 18.1. The summed E-state index contributed by atoms with van der Waals surface area (Å²) in [6.07, 6.45) is 4.45. The number of carbonyl (C=O) groups is 1. The molecule has 0 bridgehead atoms. The van der Waals surface area contributed by atoms with E-state index in [1.807, 2.05) is 33.8 Å². The second-order valence-corrected chi connectivity index (χ2v) is 9.90. The van der Waals surface area contributed by atoms with E-state index in [9.17, 15) is 9.18 Å². The number of ether oxygens (including phenoxy) is 2. The van der Waals surface area contributed by atoms with Gasteiger partial charge in [-0.15, -0.1) is 0 Å². The average molecular weight is 538 g/mol. The Balaban J connectivity index is 1.58. The predicted octanol–water partition coefficient (Wildman–Crippen LogP) is 6.86. The van der Waals surface area contributed by atoms with Gasteiger partial charge in [-0.25, -0.2) is 19.2 Å². The highest BCUT2D eigenvalue weighted by Crippen LogP contribution is 2.34. The van der Waals surface area contributed by atoms with Gasteiger partial charge in [0.05, 0.1) is 29.8 Å². The van der Waals surface area contributed by atoms with Gasteiger partial charge in [-0.3, -0.25) is 4.98 Å². The largest absolute Gasteiger partial charge is 0.488 e. The van der Waals surface area contributed by atoms with Crippen LogP contribution in [0.4, 0.5) is 20.6 Å². The van der Waals surface area contributed by atoms with E-state index in [4.69, 9.17) is 21.1 Å². The van der Waals surface area contributed by atoms with Gasteiger partial charge < -0.3 is 19.7 Å². The Morgan fingerprint density at radius 1 is 1.13 bits per heavy atom. The quantitative estimate of drug-likeness (QED) is 0.262. The molecular formula is C28H29ClFN5O3. The zero-order chi connectivity index (χ0) is 27.3. The first-order valence-electron chi connectivity index (χ1n) is 12.2. The van der Waals surface area contributed by atoms with Crippen LogP contribution in [0.2, 0.25) is 5.02 Å². The molecule has 4 rings (SSSR count). The summed E-state index contributed by atoms with van der Waals surface area (Å²) < 4.78 is 26.1. The summed E-state index contributed by atoms with van der Waals surface area (Å²) in [4.78, 5) is 27.1. The minimum Gasteiger partial charge on any atom is -0.488 e. The van der Waals surface area contributed by atoms with E-state index >= 15 is 0 Å². The van der Waals surface area contributed by atoms with Gasteiger partial charge >= 0.3 is 6.09 Å². The van der Waals surface area contributed by atoms with Crippen LogP contribution in [-0.2, 0) is 4.74 Å². The lowest BCUT2D eigenvalue weighted by molar-refractivity contribution is 0.0237. The van der Waals surface area contributed by atoms with Crippen molar-refractivity contribution in [2.24, 2.45) is 0 Å². The maximum atomic E-state index is 14.7. The second-order valence-electron chi connectivity index (χ2n) is 9.46. The molecule has 0 aliphatic heterocycles. The van der Waals surface area contributed by atoms with Gasteiger partial charge in [0.2, 0.25) is 0 Å². The van der Waals surface area contributed by atoms with Crippen molar-refractivity contribution in [2.75, 3.05) is 25.0 Å². The maximum Gasteiger partial charge on any atom is 0.410 e. The molecule has 1 amide bonds. The molecule has 0 aliphatic carbocycles. The highest BCUT2D eigenvalue weighted by atomic mass is 35.5. The molecule has 0 saturated heterocycles. The standard InChI is InChI=1S/C28H29ClFN5O3/c1-5-35(27(36)38-28(2,3)4)13-14-37-25-17-31-12-10-22(25)33-23-16-24(20-15-18(29)8-9-21(20)30)34-26-19(23)7-6-11-32-26/h6-12,15-17H,5,13-14H2,1-4H3,(H,31,32,33,34). The lowest BCUT2D eigenvalue weighted by atomic mass is 10.1. The number of benzene rings is 1. The molecule has 0 spiro atoms. The molecule has 3 heterocycles. The van der Waals surface area contributed by atoms with Crippen LogP contribution in [0.25, 0.3) is 22.3 Å². The molecule has 1 N–H and O–H groups in total. The fourth-order valence-electron chi connectivity index (χ4n) is 3.71. The van der Waals surface area contributed by atoms with Gasteiger partial charge in [0.15, 0.2) is 11.4 Å². The van der Waals surface area contributed by atoms with Crippen molar-refractivity contribution in [2.45, 2.75) is 33.3 Å². The number of nitrogens with zero attached hydrogens (tertiary/aromatic N) is 4. The minimum absolute atomic E-state index is 0.227. The lowest BCUT2D eigenvalue weighted by Crippen LogP contribution is -2.38. The summed E-state index contributed by atoms with van der Waals surface area (Å²) >= 11 is 6.13. The van der Waals surface area contributed by atoms with E-state index in [0.29, 0.717) is 46.6 Å². The van der Waals surface area contributed by atoms with Crippen LogP contribution in [-0.4, -0.2) is 51.2 Å². The number of rotatable bonds is 8. The zero-order valence-electron chi connectivity index (χ0n) is 21.7. The molecule has 38 heavy (non-hydrogen) atoms. The third kappa shape index (κ3) is 6.66. The van der Waals surface area contributed by atoms with Crippen LogP contribution in [0, 0.1) is 5.82 Å². The monoisotopic (exact) mass is 537 g/mol. The van der Waals surface area contributed by atoms with Crippen molar-refractivity contribution in [1.29, 1.82) is 0 Å². The number of pyridine rings is 3. The van der Waals surface area contributed by atoms with Crippen molar-refractivity contribution in [1.82, 2.24) is 19.9 Å². The number of halogens is 2. The number of fused-ring (bicyclic) bond motifs is 1. The Kier molecular flexibility index (Phi) is 8.26. The summed E-state index contributed by atoms with van der Waals surface area (Å²) in [5, 5.41) is 4.50. The fraction of sp³-hybridized carbons (Fsp3) is 0.286. The Morgan fingerprint density at radius 3 is 2.71 bits per heavy atom. The molecule has 0 fully saturated rings. The smallest absolute Gasteiger partial charge is 0.410 e. The molecule has 0 aliphatic rings. The zero-order valence-corrected chi connectivity index (χ0v) is 22.4. The van der Waals surface area contributed by atoms with E-state index < -0.39 is 17.5 Å². The van der Waals surface area contributed by atoms with Crippen molar-refractivity contribution in [3.05, 3.63) is 71.9 Å². The Bertz CT molecular complexity index is 1440. The number of hydrogen-bond acceptors (Lipinski definition) is 7. The number of carbonyl (C=O) groups excluding carboxylic acids is 1. The fourth-order valence-corrected chi connectivity index (χ4v) is 3.88. The van der Waals surface area contributed by atoms with Crippen LogP contribution in [0.1, 0.15) is 27.7 Å². The van der Waals surface area contributed by atoms with E-state index in [-0.39, 0.29) is 12.2 Å². The second kappa shape index (κ2) is 11.6. The van der Waals surface area contributed by atoms with E-state index in [1.54, 1.807) is 41.7 Å². The third-order valence-corrected chi connectivity index (χ3v) is 5.73. The van der Waals surface area contributed by atoms with Crippen LogP contribution in [0.3, 0.4) is 0 Å². The predicted molar refractivity (Wildman–Crippen MR) is 146 cm³/mol. The van der Waals surface area contributed by atoms with Crippen molar-refractivity contribution in [3.8, 4) is 17.0 Å². The SMILES string of the molecule is CCN(CCOc1cnccc1Nc1cc(-c2cc(Cl)ccc2F)nc2ncccc12)C(=O)OC(C)(C)C. The third-order valence-electron chi connectivity index (χ3n) is 5.49. The molecule has 4 aromatic rings. The molecule has 0 saturated carbocycles. The number of likely N-dealkylation sites (N-methyl/N-ethyl adjacent to an activating group) is 1. The molecule has 0 radical (unpaired) electrons. The molecular weight excluding hydrogens is 509 g/mol. The highest BCUT2D eigenvalue weighted by Gasteiger charge is 2.21. The van der Waals surface area contributed by atoms with Crippen molar-refractivity contribution >= 4 is 40.1 Å². The van der Waals surface area contributed by atoms with Gasteiger partial charge in [0.25, 0.3) is 0 Å². The lowest BCUT2D eigenvalue weighted by Gasteiger charge is -2.26. The molecule has 0 unspecified atom stereocenters. The Hall–Kier alpha value is -3.98. The highest BCUT2D eigenvalue weighted by molar-refractivity contribution is 6.30. The van der Waals surface area contributed by atoms with E-state index in [2.05, 4.69) is 20.3 Å². The number of anilines is 2. The number of nitrogens with one attached hydrogen (secondary N) is 1. The number of hydrogen-bond donors (Lipinski definition) is 1. The van der Waals surface area contributed by atoms with Crippen LogP contribution < -0.4 is 10.1 Å². The first kappa shape index (κ1) is 27.1. The molecule has 198 valence electrons. The molecule has 1 aromatic carbocycles. The van der Waals surface area contributed by atoms with Crippen LogP contribution in [0.15, 0.2) is 61.1 Å². The van der Waals surface area contributed by atoms with E-state index in [0.717, 1.165) is 5.39 Å². The van der Waals surface area contributed by atoms with Gasteiger partial charge in [-0.1, -0.05) is 11.6 Å². The van der Waals surface area contributed by atoms with Crippen molar-refractivity contribution < 1.29 is 18.7 Å². The average Bonchev–Trinajstić information content (AvgIpc) is 2.87. The van der Waals surface area contributed by atoms with Gasteiger partial charge in [-0.05, 0) is 70.2 Å². The molecule has 10 heteroatoms. The van der Waals surface area contributed by atoms with Crippen LogP contribution >= 0.6 is 11.6 Å². The molecule has 0 atom stereocenters. The Morgan fingerprint density at radius 2 is 1.95 bits per heavy atom. The van der Waals surface area contributed by atoms with E-state index in [1.165, 1.54) is 18.2 Å². The summed E-state index contributed by atoms with van der Waals surface area (Å²) in [6, 6.07) is 11.5. The van der Waals surface area contributed by atoms with Gasteiger partial charge in [0.1, 0.15) is 18.0 Å². The van der Waals surface area contributed by atoms with Crippen molar-refractivity contribution in [3.63, 3.8) is 0 Å². The molecule has 8 nitrogen and oxygen atoms in total. The summed E-state index contributed by atoms with van der Waals surface area (Å²) in [5.74, 6) is 0.0404. The summed E-state index contributed by atoms with van der Waals surface area (Å²) in [5.41, 5.74) is 1.79. The maximum absolute atomic E-state index is 14.7. The van der Waals surface area contributed by atoms with Crippen LogP contribution in [0.5, 0.6) is 5.75 Å². The topological polar surface area (TPSA) is 89.5 Å². The summed E-state index contributed by atoms with van der Waals surface area (Å²) in [7, 11) is 0. The first-order valence-corrected chi connectivity index (χ1v) is 12.6. The Labute approximate surface area is 225 Å².